The highest BCUT2D eigenvalue weighted by molar-refractivity contribution is 5.34. The van der Waals surface area contributed by atoms with E-state index >= 15 is 0 Å². The van der Waals surface area contributed by atoms with Crippen molar-refractivity contribution in [3.63, 3.8) is 0 Å². The Morgan fingerprint density at radius 3 is 2.09 bits per heavy atom. The van der Waals surface area contributed by atoms with E-state index in [0.717, 1.165) is 0 Å². The highest BCUT2D eigenvalue weighted by Gasteiger charge is 2.71. The van der Waals surface area contributed by atoms with Crippen molar-refractivity contribution >= 4 is 5.95 Å². The van der Waals surface area contributed by atoms with Crippen LogP contribution in [0.5, 0.6) is 0 Å². The molecule has 1 aliphatic rings. The van der Waals surface area contributed by atoms with Crippen molar-refractivity contribution in [1.29, 1.82) is 0 Å². The molecule has 0 amide bonds. The quantitative estimate of drug-likeness (QED) is 0.798. The van der Waals surface area contributed by atoms with Crippen LogP contribution in [0.15, 0.2) is 12.4 Å². The summed E-state index contributed by atoms with van der Waals surface area (Å²) in [5.74, 6) is 0.00875. The smallest absolute Gasteiger partial charge is 0.369 e. The van der Waals surface area contributed by atoms with Crippen molar-refractivity contribution in [2.75, 3.05) is 24.5 Å². The number of aromatic nitrogens is 2. The molecule has 0 aromatic carbocycles. The van der Waals surface area contributed by atoms with Gasteiger partial charge in [0.2, 0.25) is 5.95 Å². The second-order valence-corrected chi connectivity index (χ2v) is 5.22. The Balaban J connectivity index is 2.37. The van der Waals surface area contributed by atoms with Crippen LogP contribution in [0.25, 0.3) is 0 Å². The number of nitrogens with zero attached hydrogens (tertiary/aromatic N) is 3. The molecule has 1 unspecified atom stereocenters. The zero-order valence-corrected chi connectivity index (χ0v) is 11.9. The van der Waals surface area contributed by atoms with Gasteiger partial charge in [-0.2, -0.15) is 26.3 Å². The summed E-state index contributed by atoms with van der Waals surface area (Å²) in [5.41, 5.74) is -6.47. The third-order valence-electron chi connectivity index (χ3n) is 3.63. The Bertz CT molecular complexity index is 530. The molecule has 11 heteroatoms. The Morgan fingerprint density at radius 1 is 1.13 bits per heavy atom. The van der Waals surface area contributed by atoms with E-state index in [1.807, 2.05) is 6.92 Å². The summed E-state index contributed by atoms with van der Waals surface area (Å²) < 4.78 is 76.6. The Labute approximate surface area is 127 Å². The summed E-state index contributed by atoms with van der Waals surface area (Å²) in [6.45, 7) is 3.44. The highest BCUT2D eigenvalue weighted by Crippen LogP contribution is 2.49. The molecule has 23 heavy (non-hydrogen) atoms. The molecule has 2 N–H and O–H groups in total. The fourth-order valence-corrected chi connectivity index (χ4v) is 2.28. The fraction of sp³-hybridized carbons (Fsp3) is 0.667. The van der Waals surface area contributed by atoms with Gasteiger partial charge in [0.1, 0.15) is 0 Å². The van der Waals surface area contributed by atoms with E-state index in [1.54, 1.807) is 4.90 Å². The summed E-state index contributed by atoms with van der Waals surface area (Å²) in [6, 6.07) is -0.0706. The maximum Gasteiger partial charge on any atom is 0.430 e. The van der Waals surface area contributed by atoms with Crippen molar-refractivity contribution in [2.45, 2.75) is 30.9 Å². The van der Waals surface area contributed by atoms with Crippen molar-refractivity contribution in [3.05, 3.63) is 18.0 Å². The SMILES string of the molecule is CC1CNCCN1c1ncc(C(O)(C(F)(F)F)C(F)(F)F)cn1. The molecule has 1 fully saturated rings. The van der Waals surface area contributed by atoms with Gasteiger partial charge in [-0.15, -0.1) is 0 Å². The number of alkyl halides is 6. The van der Waals surface area contributed by atoms with Crippen LogP contribution in [0.4, 0.5) is 32.3 Å². The Kier molecular flexibility index (Phi) is 4.46. The van der Waals surface area contributed by atoms with Gasteiger partial charge in [-0.3, -0.25) is 0 Å². The summed E-state index contributed by atoms with van der Waals surface area (Å²) in [7, 11) is 0. The average molecular weight is 344 g/mol. The van der Waals surface area contributed by atoms with Crippen LogP contribution >= 0.6 is 0 Å². The van der Waals surface area contributed by atoms with Crippen LogP contribution in [0.1, 0.15) is 12.5 Å². The lowest BCUT2D eigenvalue weighted by Gasteiger charge is -2.35. The van der Waals surface area contributed by atoms with Crippen LogP contribution in [-0.2, 0) is 5.60 Å². The van der Waals surface area contributed by atoms with Crippen molar-refractivity contribution < 1.29 is 31.4 Å². The van der Waals surface area contributed by atoms with Gasteiger partial charge in [0.25, 0.3) is 5.60 Å². The summed E-state index contributed by atoms with van der Waals surface area (Å²) in [5, 5.41) is 12.3. The number of hydrogen-bond donors (Lipinski definition) is 2. The lowest BCUT2D eigenvalue weighted by atomic mass is 9.95. The van der Waals surface area contributed by atoms with E-state index in [0.29, 0.717) is 32.0 Å². The molecule has 1 aromatic rings. The van der Waals surface area contributed by atoms with Gasteiger partial charge in [-0.1, -0.05) is 0 Å². The second kappa shape index (κ2) is 5.78. The maximum atomic E-state index is 12.8. The highest BCUT2D eigenvalue weighted by atomic mass is 19.4. The number of piperazine rings is 1. The molecule has 2 rings (SSSR count). The van der Waals surface area contributed by atoms with Gasteiger partial charge in [-0.05, 0) is 6.92 Å². The predicted molar refractivity (Wildman–Crippen MR) is 67.7 cm³/mol. The number of anilines is 1. The molecule has 1 aliphatic heterocycles. The largest absolute Gasteiger partial charge is 0.430 e. The van der Waals surface area contributed by atoms with Gasteiger partial charge < -0.3 is 15.3 Å². The molecule has 0 saturated carbocycles. The first-order chi connectivity index (χ1) is 10.5. The Morgan fingerprint density at radius 2 is 1.65 bits per heavy atom. The molecule has 1 aromatic heterocycles. The van der Waals surface area contributed by atoms with Gasteiger partial charge in [-0.25, -0.2) is 9.97 Å². The van der Waals surface area contributed by atoms with Crippen LogP contribution in [0, 0.1) is 0 Å². The molecule has 2 heterocycles. The zero-order chi connectivity index (χ0) is 17.5. The van der Waals surface area contributed by atoms with Crippen LogP contribution in [-0.4, -0.2) is 53.1 Å². The normalized spacial score (nSPS) is 20.7. The lowest BCUT2D eigenvalue weighted by Crippen LogP contribution is -2.54. The first-order valence-corrected chi connectivity index (χ1v) is 6.64. The number of halogens is 6. The molecule has 1 saturated heterocycles. The van der Waals surface area contributed by atoms with Crippen molar-refractivity contribution in [2.24, 2.45) is 0 Å². The van der Waals surface area contributed by atoms with E-state index in [1.165, 1.54) is 0 Å². The topological polar surface area (TPSA) is 61.3 Å². The van der Waals surface area contributed by atoms with Gasteiger partial charge in [0, 0.05) is 43.6 Å². The number of aliphatic hydroxyl groups is 1. The van der Waals surface area contributed by atoms with Crippen LogP contribution < -0.4 is 10.2 Å². The number of rotatable bonds is 2. The summed E-state index contributed by atoms with van der Waals surface area (Å²) in [6.07, 6.45) is -11.2. The number of nitrogens with one attached hydrogen (secondary N) is 1. The standard InChI is InChI=1S/C12H14F6N4O/c1-7-4-19-2-3-22(7)9-20-5-8(6-21-9)10(23,11(13,14)15)12(16,17)18/h5-7,19,23H,2-4H2,1H3. The van der Waals surface area contributed by atoms with E-state index in [-0.39, 0.29) is 12.0 Å². The molecule has 130 valence electrons. The first-order valence-electron chi connectivity index (χ1n) is 6.64. The summed E-state index contributed by atoms with van der Waals surface area (Å²) >= 11 is 0. The summed E-state index contributed by atoms with van der Waals surface area (Å²) in [4.78, 5) is 8.80. The van der Waals surface area contributed by atoms with Gasteiger partial charge in [0.05, 0.1) is 0 Å². The minimum atomic E-state index is -5.95. The molecule has 0 bridgehead atoms. The monoisotopic (exact) mass is 344 g/mol. The maximum absolute atomic E-state index is 12.8. The van der Waals surface area contributed by atoms with E-state index in [2.05, 4.69) is 15.3 Å². The average Bonchev–Trinajstić information content (AvgIpc) is 2.45. The van der Waals surface area contributed by atoms with E-state index < -0.39 is 23.5 Å². The first kappa shape index (κ1) is 17.7. The minimum absolute atomic E-state index is 0.00875. The second-order valence-electron chi connectivity index (χ2n) is 5.22. The molecule has 0 radical (unpaired) electrons. The van der Waals surface area contributed by atoms with Crippen molar-refractivity contribution in [1.82, 2.24) is 15.3 Å². The molecular weight excluding hydrogens is 330 g/mol. The zero-order valence-electron chi connectivity index (χ0n) is 11.9. The Hall–Kier alpha value is -1.62. The van der Waals surface area contributed by atoms with Crippen molar-refractivity contribution in [3.8, 4) is 0 Å². The van der Waals surface area contributed by atoms with E-state index in [4.69, 9.17) is 0 Å². The molecule has 0 aliphatic carbocycles. The third kappa shape index (κ3) is 3.07. The predicted octanol–water partition coefficient (Wildman–Crippen LogP) is 1.59. The molecule has 1 atom stereocenters. The van der Waals surface area contributed by atoms with Gasteiger partial charge in [0.15, 0.2) is 0 Å². The van der Waals surface area contributed by atoms with Gasteiger partial charge >= 0.3 is 12.4 Å². The van der Waals surface area contributed by atoms with Crippen LogP contribution in [0.2, 0.25) is 0 Å². The lowest BCUT2D eigenvalue weighted by molar-refractivity contribution is -0.376. The van der Waals surface area contributed by atoms with E-state index in [9.17, 15) is 31.4 Å². The molecule has 5 nitrogen and oxygen atoms in total. The third-order valence-corrected chi connectivity index (χ3v) is 3.63. The number of hydrogen-bond acceptors (Lipinski definition) is 5. The molecular formula is C12H14F6N4O. The van der Waals surface area contributed by atoms with Crippen LogP contribution in [0.3, 0.4) is 0 Å². The minimum Gasteiger partial charge on any atom is -0.369 e. The fourth-order valence-electron chi connectivity index (χ4n) is 2.28. The molecule has 0 spiro atoms.